The molecule has 0 aliphatic rings. The molecular formula is C13H8N8O2. The maximum Gasteiger partial charge on any atom is 0.277 e. The van der Waals surface area contributed by atoms with Crippen LogP contribution in [0.3, 0.4) is 0 Å². The summed E-state index contributed by atoms with van der Waals surface area (Å²) in [6.45, 7) is 0. The molecule has 0 amide bonds. The van der Waals surface area contributed by atoms with E-state index >= 15 is 0 Å². The first-order valence-electron chi connectivity index (χ1n) is 6.32. The standard InChI is InChI=1S/C13H8N8O2/c14-5-8(13-17-19-20-18-13)6-16-11-1-2-12(21(22)23)9-3-4-15-7-10(9)11/h1-4,6-7,16H,(H,17,18,19,20). The number of nitrogens with zero attached hydrogens (tertiary/aromatic N) is 6. The molecule has 0 saturated carbocycles. The number of benzene rings is 1. The summed E-state index contributed by atoms with van der Waals surface area (Å²) in [5.74, 6) is 0.143. The lowest BCUT2D eigenvalue weighted by Gasteiger charge is -2.06. The number of nitrogens with one attached hydrogen (secondary N) is 2. The number of nitro benzene ring substituents is 1. The average Bonchev–Trinajstić information content (AvgIpc) is 3.09. The molecule has 0 atom stereocenters. The van der Waals surface area contributed by atoms with Gasteiger partial charge in [0.15, 0.2) is 0 Å². The van der Waals surface area contributed by atoms with E-state index in [1.165, 1.54) is 24.7 Å². The third-order valence-electron chi connectivity index (χ3n) is 3.07. The number of aromatic nitrogens is 5. The summed E-state index contributed by atoms with van der Waals surface area (Å²) in [4.78, 5) is 14.6. The van der Waals surface area contributed by atoms with Crippen molar-refractivity contribution in [1.82, 2.24) is 25.6 Å². The van der Waals surface area contributed by atoms with Gasteiger partial charge < -0.3 is 5.32 Å². The maximum absolute atomic E-state index is 11.1. The van der Waals surface area contributed by atoms with Crippen molar-refractivity contribution >= 4 is 27.7 Å². The smallest absolute Gasteiger partial charge is 0.277 e. The average molecular weight is 308 g/mol. The maximum atomic E-state index is 11.1. The molecule has 0 unspecified atom stereocenters. The quantitative estimate of drug-likeness (QED) is 0.420. The Morgan fingerprint density at radius 3 is 2.96 bits per heavy atom. The van der Waals surface area contributed by atoms with Gasteiger partial charge in [0.2, 0.25) is 5.82 Å². The Balaban J connectivity index is 2.03. The highest BCUT2D eigenvalue weighted by atomic mass is 16.6. The van der Waals surface area contributed by atoms with E-state index in [-0.39, 0.29) is 17.1 Å². The molecule has 3 aromatic rings. The molecule has 0 radical (unpaired) electrons. The van der Waals surface area contributed by atoms with Crippen LogP contribution < -0.4 is 5.32 Å². The summed E-state index contributed by atoms with van der Waals surface area (Å²) in [7, 11) is 0. The predicted molar refractivity (Wildman–Crippen MR) is 79.8 cm³/mol. The molecule has 0 fully saturated rings. The number of hydrogen-bond donors (Lipinski definition) is 2. The van der Waals surface area contributed by atoms with Gasteiger partial charge in [0.1, 0.15) is 11.6 Å². The Hall–Kier alpha value is -3.87. The van der Waals surface area contributed by atoms with Crippen molar-refractivity contribution in [2.75, 3.05) is 5.32 Å². The zero-order chi connectivity index (χ0) is 16.2. The zero-order valence-electron chi connectivity index (χ0n) is 11.5. The van der Waals surface area contributed by atoms with Crippen molar-refractivity contribution in [2.24, 2.45) is 0 Å². The fourth-order valence-corrected chi connectivity index (χ4v) is 2.03. The van der Waals surface area contributed by atoms with Gasteiger partial charge in [-0.2, -0.15) is 10.5 Å². The summed E-state index contributed by atoms with van der Waals surface area (Å²) < 4.78 is 0. The van der Waals surface area contributed by atoms with Gasteiger partial charge in [0.05, 0.1) is 10.3 Å². The molecule has 2 aromatic heterocycles. The van der Waals surface area contributed by atoms with Gasteiger partial charge in [-0.25, -0.2) is 0 Å². The fourth-order valence-electron chi connectivity index (χ4n) is 2.03. The first-order valence-corrected chi connectivity index (χ1v) is 6.32. The molecule has 0 aliphatic carbocycles. The van der Waals surface area contributed by atoms with Crippen LogP contribution in [0.2, 0.25) is 0 Å². The van der Waals surface area contributed by atoms with Gasteiger partial charge in [-0.15, -0.1) is 10.2 Å². The Kier molecular flexibility index (Phi) is 3.59. The Bertz CT molecular complexity index is 942. The molecule has 112 valence electrons. The number of rotatable bonds is 4. The van der Waals surface area contributed by atoms with Crippen LogP contribution in [0.15, 0.2) is 36.8 Å². The van der Waals surface area contributed by atoms with Gasteiger partial charge >= 0.3 is 0 Å². The van der Waals surface area contributed by atoms with Crippen molar-refractivity contribution in [1.29, 1.82) is 5.26 Å². The highest BCUT2D eigenvalue weighted by Gasteiger charge is 2.14. The van der Waals surface area contributed by atoms with Crippen LogP contribution in [0, 0.1) is 21.4 Å². The normalized spacial score (nSPS) is 11.2. The number of tetrazole rings is 1. The molecule has 10 heteroatoms. The van der Waals surface area contributed by atoms with Gasteiger partial charge in [0, 0.05) is 35.7 Å². The van der Waals surface area contributed by atoms with Gasteiger partial charge in [-0.1, -0.05) is 0 Å². The third kappa shape index (κ3) is 2.66. The Morgan fingerprint density at radius 1 is 1.39 bits per heavy atom. The predicted octanol–water partition coefficient (Wildman–Crippen LogP) is 1.63. The molecule has 2 N–H and O–H groups in total. The van der Waals surface area contributed by atoms with Crippen LogP contribution in [0.1, 0.15) is 5.82 Å². The van der Waals surface area contributed by atoms with E-state index in [1.807, 2.05) is 6.07 Å². The van der Waals surface area contributed by atoms with Gasteiger partial charge in [-0.3, -0.25) is 15.1 Å². The summed E-state index contributed by atoms with van der Waals surface area (Å²) in [6.07, 6.45) is 4.40. The number of nitro groups is 1. The number of fused-ring (bicyclic) bond motifs is 1. The highest BCUT2D eigenvalue weighted by Crippen LogP contribution is 2.30. The summed E-state index contributed by atoms with van der Waals surface area (Å²) in [6, 6.07) is 6.44. The van der Waals surface area contributed by atoms with Crippen molar-refractivity contribution in [2.45, 2.75) is 0 Å². The minimum Gasteiger partial charge on any atom is -0.360 e. The van der Waals surface area contributed by atoms with Crippen LogP contribution in [-0.4, -0.2) is 30.5 Å². The Morgan fingerprint density at radius 2 is 2.26 bits per heavy atom. The second-order valence-corrected chi connectivity index (χ2v) is 4.36. The molecular weight excluding hydrogens is 300 g/mol. The van der Waals surface area contributed by atoms with Crippen LogP contribution in [0.25, 0.3) is 16.3 Å². The van der Waals surface area contributed by atoms with Crippen LogP contribution in [0.5, 0.6) is 0 Å². The topological polar surface area (TPSA) is 146 Å². The molecule has 0 saturated heterocycles. The molecule has 2 heterocycles. The number of allylic oxidation sites excluding steroid dienone is 1. The lowest BCUT2D eigenvalue weighted by Crippen LogP contribution is -1.96. The number of aromatic amines is 1. The first kappa shape index (κ1) is 14.1. The number of nitriles is 1. The number of anilines is 1. The van der Waals surface area contributed by atoms with E-state index in [2.05, 4.69) is 30.9 Å². The first-order chi connectivity index (χ1) is 11.2. The zero-order valence-corrected chi connectivity index (χ0v) is 11.5. The minimum atomic E-state index is -0.456. The van der Waals surface area contributed by atoms with Crippen LogP contribution >= 0.6 is 0 Å². The lowest BCUT2D eigenvalue weighted by molar-refractivity contribution is -0.383. The number of pyridine rings is 1. The second-order valence-electron chi connectivity index (χ2n) is 4.36. The highest BCUT2D eigenvalue weighted by molar-refractivity contribution is 5.99. The number of hydrogen-bond acceptors (Lipinski definition) is 8. The largest absolute Gasteiger partial charge is 0.360 e. The molecule has 0 aliphatic heterocycles. The summed E-state index contributed by atoms with van der Waals surface area (Å²) in [5.41, 5.74) is 0.708. The molecule has 10 nitrogen and oxygen atoms in total. The molecule has 0 bridgehead atoms. The second kappa shape index (κ2) is 5.86. The third-order valence-corrected chi connectivity index (χ3v) is 3.07. The molecule has 3 rings (SSSR count). The van der Waals surface area contributed by atoms with Gasteiger partial charge in [-0.05, 0) is 17.3 Å². The monoisotopic (exact) mass is 308 g/mol. The van der Waals surface area contributed by atoms with E-state index in [0.717, 1.165) is 0 Å². The summed E-state index contributed by atoms with van der Waals surface area (Å²) in [5, 5.41) is 37.2. The molecule has 23 heavy (non-hydrogen) atoms. The van der Waals surface area contributed by atoms with E-state index in [9.17, 15) is 10.1 Å². The Labute approximate surface area is 128 Å². The van der Waals surface area contributed by atoms with Gasteiger partial charge in [0.25, 0.3) is 5.69 Å². The summed E-state index contributed by atoms with van der Waals surface area (Å²) >= 11 is 0. The lowest BCUT2D eigenvalue weighted by atomic mass is 10.1. The molecule has 1 aromatic carbocycles. The van der Waals surface area contributed by atoms with E-state index in [4.69, 9.17) is 5.26 Å². The van der Waals surface area contributed by atoms with Crippen molar-refractivity contribution < 1.29 is 4.92 Å². The van der Waals surface area contributed by atoms with E-state index in [0.29, 0.717) is 16.5 Å². The van der Waals surface area contributed by atoms with E-state index in [1.54, 1.807) is 12.1 Å². The fraction of sp³-hybridized carbons (Fsp3) is 0. The number of non-ortho nitro benzene ring substituents is 1. The van der Waals surface area contributed by atoms with Crippen LogP contribution in [0.4, 0.5) is 11.4 Å². The SMILES string of the molecule is N#CC(=CNc1ccc([N+](=O)[O-])c2ccncc12)c1nn[nH]n1. The van der Waals surface area contributed by atoms with Crippen molar-refractivity contribution in [3.8, 4) is 6.07 Å². The minimum absolute atomic E-state index is 0.0180. The van der Waals surface area contributed by atoms with E-state index < -0.39 is 4.92 Å². The number of H-pyrrole nitrogens is 1. The van der Waals surface area contributed by atoms with Crippen molar-refractivity contribution in [3.63, 3.8) is 0 Å². The molecule has 0 spiro atoms. The van der Waals surface area contributed by atoms with Crippen LogP contribution in [-0.2, 0) is 0 Å². The van der Waals surface area contributed by atoms with Crippen molar-refractivity contribution in [3.05, 3.63) is 52.7 Å².